The Hall–Kier alpha value is 0.270. The maximum atomic E-state index is 9.04. The highest BCUT2D eigenvalue weighted by Gasteiger charge is 2.15. The third-order valence-electron chi connectivity index (χ3n) is 1.53. The minimum Gasteiger partial charge on any atom is -0.395 e. The van der Waals surface area contributed by atoms with Gasteiger partial charge in [0.1, 0.15) is 0 Å². The molecule has 0 aromatic heterocycles. The number of hydrogen-bond donors (Lipinski definition) is 2. The lowest BCUT2D eigenvalue weighted by Crippen LogP contribution is -2.45. The summed E-state index contributed by atoms with van der Waals surface area (Å²) in [5.41, 5.74) is 0.103. The monoisotopic (exact) mass is 191 g/mol. The van der Waals surface area contributed by atoms with E-state index in [0.29, 0.717) is 0 Å². The molecule has 0 radical (unpaired) electrons. The van der Waals surface area contributed by atoms with Crippen LogP contribution in [0.1, 0.15) is 27.2 Å². The summed E-state index contributed by atoms with van der Waals surface area (Å²) in [6.07, 6.45) is 3.13. The van der Waals surface area contributed by atoms with E-state index < -0.39 is 0 Å². The van der Waals surface area contributed by atoms with Crippen molar-refractivity contribution in [1.82, 2.24) is 5.32 Å². The third-order valence-corrected chi connectivity index (χ3v) is 2.17. The van der Waals surface area contributed by atoms with Crippen LogP contribution in [0.5, 0.6) is 0 Å². The molecule has 1 atom stereocenters. The summed E-state index contributed by atoms with van der Waals surface area (Å²) >= 11 is 1.82. The number of hydrogen-bond acceptors (Lipinski definition) is 3. The summed E-state index contributed by atoms with van der Waals surface area (Å²) in [4.78, 5) is 0. The summed E-state index contributed by atoms with van der Waals surface area (Å²) in [6.45, 7) is 6.59. The number of thioether (sulfide) groups is 1. The summed E-state index contributed by atoms with van der Waals surface area (Å²) in [7, 11) is 0. The van der Waals surface area contributed by atoms with E-state index in [2.05, 4.69) is 32.3 Å². The van der Waals surface area contributed by atoms with Crippen LogP contribution in [-0.2, 0) is 0 Å². The van der Waals surface area contributed by atoms with Crippen LogP contribution in [0.25, 0.3) is 0 Å². The molecule has 3 heteroatoms. The van der Waals surface area contributed by atoms with Crippen molar-refractivity contribution in [2.75, 3.05) is 18.6 Å². The van der Waals surface area contributed by atoms with E-state index in [4.69, 9.17) is 5.11 Å². The van der Waals surface area contributed by atoms with E-state index in [1.54, 1.807) is 0 Å². The molecule has 0 aliphatic carbocycles. The molecule has 0 aromatic rings. The molecule has 74 valence electrons. The van der Waals surface area contributed by atoms with Gasteiger partial charge in [0.25, 0.3) is 0 Å². The van der Waals surface area contributed by atoms with E-state index >= 15 is 0 Å². The highest BCUT2D eigenvalue weighted by atomic mass is 32.2. The van der Waals surface area contributed by atoms with Gasteiger partial charge in [0, 0.05) is 11.6 Å². The van der Waals surface area contributed by atoms with E-state index in [-0.39, 0.29) is 18.2 Å². The van der Waals surface area contributed by atoms with Crippen molar-refractivity contribution in [3.8, 4) is 0 Å². The van der Waals surface area contributed by atoms with Crippen LogP contribution in [0.3, 0.4) is 0 Å². The highest BCUT2D eigenvalue weighted by molar-refractivity contribution is 7.98. The Bertz CT molecular complexity index is 112. The van der Waals surface area contributed by atoms with Crippen LogP contribution in [0.15, 0.2) is 0 Å². The van der Waals surface area contributed by atoms with Crippen molar-refractivity contribution in [3.63, 3.8) is 0 Å². The molecular weight excluding hydrogens is 170 g/mol. The quantitative estimate of drug-likeness (QED) is 0.690. The van der Waals surface area contributed by atoms with Gasteiger partial charge in [0.2, 0.25) is 0 Å². The lowest BCUT2D eigenvalue weighted by atomic mass is 10.1. The Morgan fingerprint density at radius 1 is 1.42 bits per heavy atom. The van der Waals surface area contributed by atoms with Crippen LogP contribution < -0.4 is 5.32 Å². The average molecular weight is 191 g/mol. The maximum absolute atomic E-state index is 9.04. The van der Waals surface area contributed by atoms with Gasteiger partial charge in [0.15, 0.2) is 0 Å². The van der Waals surface area contributed by atoms with Gasteiger partial charge in [-0.3, -0.25) is 0 Å². The number of nitrogens with one attached hydrogen (secondary N) is 1. The predicted octanol–water partition coefficient (Wildman–Crippen LogP) is 1.49. The molecule has 0 aliphatic heterocycles. The minimum absolute atomic E-state index is 0.103. The van der Waals surface area contributed by atoms with Gasteiger partial charge in [-0.2, -0.15) is 11.8 Å². The molecule has 0 spiro atoms. The van der Waals surface area contributed by atoms with Crippen LogP contribution in [-0.4, -0.2) is 35.3 Å². The van der Waals surface area contributed by atoms with Crippen molar-refractivity contribution < 1.29 is 5.11 Å². The van der Waals surface area contributed by atoms with Gasteiger partial charge in [-0.15, -0.1) is 0 Å². The summed E-state index contributed by atoms with van der Waals surface area (Å²) in [5, 5.41) is 12.4. The summed E-state index contributed by atoms with van der Waals surface area (Å²) in [6, 6.07) is 0.248. The minimum atomic E-state index is 0.103. The van der Waals surface area contributed by atoms with Gasteiger partial charge in [-0.25, -0.2) is 0 Å². The van der Waals surface area contributed by atoms with Crippen LogP contribution >= 0.6 is 11.8 Å². The first-order valence-corrected chi connectivity index (χ1v) is 5.76. The first-order chi connectivity index (χ1) is 5.49. The van der Waals surface area contributed by atoms with Crippen molar-refractivity contribution in [2.45, 2.75) is 38.8 Å². The predicted molar refractivity (Wildman–Crippen MR) is 56.8 cm³/mol. The van der Waals surface area contributed by atoms with E-state index in [0.717, 1.165) is 12.2 Å². The smallest absolute Gasteiger partial charge is 0.0585 e. The molecule has 2 N–H and O–H groups in total. The largest absolute Gasteiger partial charge is 0.395 e. The fourth-order valence-corrected chi connectivity index (χ4v) is 1.60. The zero-order valence-corrected chi connectivity index (χ0v) is 9.37. The van der Waals surface area contributed by atoms with Gasteiger partial charge < -0.3 is 10.4 Å². The molecule has 0 rings (SSSR count). The summed E-state index contributed by atoms with van der Waals surface area (Å²) in [5.74, 6) is 1.11. The number of aliphatic hydroxyl groups excluding tert-OH is 1. The Morgan fingerprint density at radius 2 is 2.00 bits per heavy atom. The molecule has 0 aromatic carbocycles. The number of aliphatic hydroxyl groups is 1. The average Bonchev–Trinajstić information content (AvgIpc) is 1.95. The Labute approximate surface area is 80.1 Å². The summed E-state index contributed by atoms with van der Waals surface area (Å²) < 4.78 is 0. The first-order valence-electron chi connectivity index (χ1n) is 4.37. The molecule has 0 aliphatic rings. The molecule has 0 bridgehead atoms. The standard InChI is InChI=1S/C9H21NOS/c1-9(2,3)10-8(7-11)5-6-12-4/h8,10-11H,5-7H2,1-4H3/t8-/m1/s1. The van der Waals surface area contributed by atoms with Crippen molar-refractivity contribution in [1.29, 1.82) is 0 Å². The lowest BCUT2D eigenvalue weighted by molar-refractivity contribution is 0.213. The van der Waals surface area contributed by atoms with E-state index in [1.807, 2.05) is 11.8 Å². The van der Waals surface area contributed by atoms with Gasteiger partial charge in [-0.05, 0) is 39.2 Å². The first kappa shape index (κ1) is 12.3. The van der Waals surface area contributed by atoms with E-state index in [9.17, 15) is 0 Å². The third kappa shape index (κ3) is 6.95. The topological polar surface area (TPSA) is 32.3 Å². The Balaban J connectivity index is 3.67. The molecule has 0 fully saturated rings. The van der Waals surface area contributed by atoms with Gasteiger partial charge in [0.05, 0.1) is 6.61 Å². The Kier molecular flexibility index (Phi) is 5.97. The fourth-order valence-electron chi connectivity index (χ4n) is 1.08. The molecule has 0 heterocycles. The maximum Gasteiger partial charge on any atom is 0.0585 e. The normalized spacial score (nSPS) is 14.8. The second-order valence-electron chi connectivity index (χ2n) is 4.06. The molecule has 0 saturated carbocycles. The lowest BCUT2D eigenvalue weighted by Gasteiger charge is -2.27. The number of rotatable bonds is 5. The zero-order valence-electron chi connectivity index (χ0n) is 8.55. The van der Waals surface area contributed by atoms with Crippen LogP contribution in [0.4, 0.5) is 0 Å². The molecule has 12 heavy (non-hydrogen) atoms. The van der Waals surface area contributed by atoms with Crippen LogP contribution in [0, 0.1) is 0 Å². The molecular formula is C9H21NOS. The second kappa shape index (κ2) is 5.84. The highest BCUT2D eigenvalue weighted by Crippen LogP contribution is 2.06. The Morgan fingerprint density at radius 3 is 2.33 bits per heavy atom. The zero-order chi connectivity index (χ0) is 9.61. The van der Waals surface area contributed by atoms with E-state index in [1.165, 1.54) is 0 Å². The SMILES string of the molecule is CSCC[C@H](CO)NC(C)(C)C. The van der Waals surface area contributed by atoms with Gasteiger partial charge in [-0.1, -0.05) is 0 Å². The van der Waals surface area contributed by atoms with Gasteiger partial charge >= 0.3 is 0 Å². The molecule has 2 nitrogen and oxygen atoms in total. The van der Waals surface area contributed by atoms with Crippen molar-refractivity contribution in [3.05, 3.63) is 0 Å². The fraction of sp³-hybridized carbons (Fsp3) is 1.00. The van der Waals surface area contributed by atoms with Crippen molar-refractivity contribution in [2.24, 2.45) is 0 Å². The second-order valence-corrected chi connectivity index (χ2v) is 5.04. The van der Waals surface area contributed by atoms with Crippen LogP contribution in [0.2, 0.25) is 0 Å². The molecule has 0 amide bonds. The molecule has 0 saturated heterocycles. The van der Waals surface area contributed by atoms with Crippen molar-refractivity contribution >= 4 is 11.8 Å². The molecule has 0 unspecified atom stereocenters.